The number of thiophene rings is 1. The number of carbonyl (C=O) groups is 2. The number of carbonyl (C=O) groups excluding carboxylic acids is 2. The predicted molar refractivity (Wildman–Crippen MR) is 60.4 cm³/mol. The van der Waals surface area contributed by atoms with Crippen molar-refractivity contribution in [2.75, 3.05) is 19.5 Å². The van der Waals surface area contributed by atoms with E-state index in [1.807, 2.05) is 0 Å². The maximum Gasteiger partial charge on any atom is 0.341 e. The molecule has 6 heteroatoms. The average molecular weight is 243 g/mol. The number of methoxy groups -OCH3 is 1. The molecule has 1 aromatic rings. The molecule has 0 amide bonds. The number of hydrogen-bond donors (Lipinski definition) is 1. The summed E-state index contributed by atoms with van der Waals surface area (Å²) in [6.07, 6.45) is 0.0337. The largest absolute Gasteiger partial charge is 0.466 e. The van der Waals surface area contributed by atoms with E-state index in [2.05, 4.69) is 4.74 Å². The molecule has 0 radical (unpaired) electrons. The van der Waals surface area contributed by atoms with Crippen molar-refractivity contribution < 1.29 is 19.1 Å². The van der Waals surface area contributed by atoms with Crippen molar-refractivity contribution in [2.24, 2.45) is 0 Å². The lowest BCUT2D eigenvalue weighted by Crippen LogP contribution is -2.11. The zero-order valence-electron chi connectivity index (χ0n) is 9.11. The van der Waals surface area contributed by atoms with Crippen LogP contribution in [0.2, 0.25) is 0 Å². The minimum atomic E-state index is -0.530. The molecular formula is C10H13NO4S. The highest BCUT2D eigenvalue weighted by molar-refractivity contribution is 7.14. The topological polar surface area (TPSA) is 78.6 Å². The predicted octanol–water partition coefficient (Wildman–Crippen LogP) is 1.22. The molecule has 1 rings (SSSR count). The quantitative estimate of drug-likeness (QED) is 0.804. The van der Waals surface area contributed by atoms with Gasteiger partial charge < -0.3 is 15.2 Å². The summed E-state index contributed by atoms with van der Waals surface area (Å²) in [4.78, 5) is 22.7. The minimum absolute atomic E-state index is 0.0337. The van der Waals surface area contributed by atoms with Crippen LogP contribution >= 0.6 is 11.3 Å². The molecule has 0 aliphatic rings. The zero-order chi connectivity index (χ0) is 12.1. The third-order valence-electron chi connectivity index (χ3n) is 1.93. The van der Waals surface area contributed by atoms with E-state index in [0.717, 1.165) is 0 Å². The second-order valence-electron chi connectivity index (χ2n) is 2.97. The van der Waals surface area contributed by atoms with Crippen LogP contribution in [-0.2, 0) is 20.7 Å². The summed E-state index contributed by atoms with van der Waals surface area (Å²) in [5.41, 5.74) is 6.45. The van der Waals surface area contributed by atoms with Gasteiger partial charge in [-0.15, -0.1) is 11.3 Å². The number of nitrogens with two attached hydrogens (primary N) is 1. The molecule has 16 heavy (non-hydrogen) atoms. The standard InChI is InChI=1S/C10H13NO4S/c1-3-15-7(12)4-6-5-16-9(11)8(6)10(13)14-2/h5H,3-4,11H2,1-2H3. The van der Waals surface area contributed by atoms with E-state index >= 15 is 0 Å². The van der Waals surface area contributed by atoms with E-state index in [1.54, 1.807) is 12.3 Å². The molecule has 0 saturated heterocycles. The maximum atomic E-state index is 11.4. The summed E-state index contributed by atoms with van der Waals surface area (Å²) in [5, 5.41) is 2.02. The Morgan fingerprint density at radius 2 is 2.19 bits per heavy atom. The summed E-state index contributed by atoms with van der Waals surface area (Å²) in [6.45, 7) is 2.03. The Hall–Kier alpha value is -1.56. The summed E-state index contributed by atoms with van der Waals surface area (Å²) in [7, 11) is 1.27. The van der Waals surface area contributed by atoms with Crippen molar-refractivity contribution in [3.8, 4) is 0 Å². The molecule has 1 aromatic heterocycles. The normalized spacial score (nSPS) is 9.88. The van der Waals surface area contributed by atoms with Crippen LogP contribution in [0.15, 0.2) is 5.38 Å². The maximum absolute atomic E-state index is 11.4. The van der Waals surface area contributed by atoms with E-state index < -0.39 is 5.97 Å². The first-order chi connectivity index (χ1) is 7.60. The van der Waals surface area contributed by atoms with Gasteiger partial charge in [0.1, 0.15) is 5.00 Å². The Balaban J connectivity index is 2.88. The van der Waals surface area contributed by atoms with Crippen molar-refractivity contribution in [1.29, 1.82) is 0 Å². The van der Waals surface area contributed by atoms with Gasteiger partial charge in [-0.2, -0.15) is 0 Å². The molecule has 0 aliphatic carbocycles. The second-order valence-corrected chi connectivity index (χ2v) is 3.88. The fourth-order valence-corrected chi connectivity index (χ4v) is 2.04. The van der Waals surface area contributed by atoms with Crippen LogP contribution in [0.25, 0.3) is 0 Å². The Morgan fingerprint density at radius 3 is 2.75 bits per heavy atom. The van der Waals surface area contributed by atoms with Gasteiger partial charge in [0.25, 0.3) is 0 Å². The van der Waals surface area contributed by atoms with Gasteiger partial charge in [0, 0.05) is 0 Å². The molecule has 0 unspecified atom stereocenters. The van der Waals surface area contributed by atoms with E-state index in [1.165, 1.54) is 18.4 Å². The second kappa shape index (κ2) is 5.50. The molecule has 0 fully saturated rings. The molecule has 0 saturated carbocycles. The summed E-state index contributed by atoms with van der Waals surface area (Å²) in [6, 6.07) is 0. The first kappa shape index (κ1) is 12.5. The molecule has 1 heterocycles. The third-order valence-corrected chi connectivity index (χ3v) is 2.79. The first-order valence-electron chi connectivity index (χ1n) is 4.69. The molecular weight excluding hydrogens is 230 g/mol. The molecule has 0 atom stereocenters. The number of anilines is 1. The number of rotatable bonds is 4. The number of hydrogen-bond acceptors (Lipinski definition) is 6. The van der Waals surface area contributed by atoms with Crippen LogP contribution in [0.5, 0.6) is 0 Å². The monoisotopic (exact) mass is 243 g/mol. The lowest BCUT2D eigenvalue weighted by Gasteiger charge is -2.03. The summed E-state index contributed by atoms with van der Waals surface area (Å²) < 4.78 is 9.39. The molecule has 0 spiro atoms. The Labute approximate surface area is 97.2 Å². The van der Waals surface area contributed by atoms with Crippen LogP contribution in [0, 0.1) is 0 Å². The van der Waals surface area contributed by atoms with Crippen molar-refractivity contribution in [2.45, 2.75) is 13.3 Å². The molecule has 2 N–H and O–H groups in total. The molecule has 88 valence electrons. The number of esters is 2. The zero-order valence-corrected chi connectivity index (χ0v) is 9.93. The fraction of sp³-hybridized carbons (Fsp3) is 0.400. The van der Waals surface area contributed by atoms with Gasteiger partial charge >= 0.3 is 11.9 Å². The lowest BCUT2D eigenvalue weighted by atomic mass is 10.1. The van der Waals surface area contributed by atoms with Crippen LogP contribution in [0.4, 0.5) is 5.00 Å². The van der Waals surface area contributed by atoms with Crippen LogP contribution in [-0.4, -0.2) is 25.7 Å². The molecule has 0 bridgehead atoms. The van der Waals surface area contributed by atoms with Gasteiger partial charge in [-0.1, -0.05) is 0 Å². The number of ether oxygens (including phenoxy) is 2. The average Bonchev–Trinajstić information content (AvgIpc) is 2.59. The Morgan fingerprint density at radius 1 is 1.50 bits per heavy atom. The SMILES string of the molecule is CCOC(=O)Cc1csc(N)c1C(=O)OC. The van der Waals surface area contributed by atoms with Gasteiger partial charge in [0.2, 0.25) is 0 Å². The fourth-order valence-electron chi connectivity index (χ4n) is 1.24. The van der Waals surface area contributed by atoms with Gasteiger partial charge in [-0.3, -0.25) is 4.79 Å². The van der Waals surface area contributed by atoms with Gasteiger partial charge in [-0.05, 0) is 17.9 Å². The van der Waals surface area contributed by atoms with E-state index in [-0.39, 0.29) is 18.0 Å². The third kappa shape index (κ3) is 2.73. The lowest BCUT2D eigenvalue weighted by molar-refractivity contribution is -0.142. The van der Waals surface area contributed by atoms with E-state index in [9.17, 15) is 9.59 Å². The van der Waals surface area contributed by atoms with Crippen molar-refractivity contribution in [3.63, 3.8) is 0 Å². The van der Waals surface area contributed by atoms with Crippen molar-refractivity contribution >= 4 is 28.3 Å². The van der Waals surface area contributed by atoms with Crippen LogP contribution in [0.1, 0.15) is 22.8 Å². The summed E-state index contributed by atoms with van der Waals surface area (Å²) in [5.74, 6) is -0.913. The minimum Gasteiger partial charge on any atom is -0.466 e. The highest BCUT2D eigenvalue weighted by Crippen LogP contribution is 2.26. The first-order valence-corrected chi connectivity index (χ1v) is 5.57. The molecule has 0 aliphatic heterocycles. The van der Waals surface area contributed by atoms with Crippen molar-refractivity contribution in [1.82, 2.24) is 0 Å². The van der Waals surface area contributed by atoms with Crippen LogP contribution < -0.4 is 5.73 Å². The smallest absolute Gasteiger partial charge is 0.341 e. The van der Waals surface area contributed by atoms with Gasteiger partial charge in [0.05, 0.1) is 25.7 Å². The van der Waals surface area contributed by atoms with Crippen LogP contribution in [0.3, 0.4) is 0 Å². The van der Waals surface area contributed by atoms with E-state index in [0.29, 0.717) is 17.2 Å². The highest BCUT2D eigenvalue weighted by atomic mass is 32.1. The highest BCUT2D eigenvalue weighted by Gasteiger charge is 2.20. The molecule has 0 aromatic carbocycles. The van der Waals surface area contributed by atoms with Gasteiger partial charge in [-0.25, -0.2) is 4.79 Å². The van der Waals surface area contributed by atoms with Crippen molar-refractivity contribution in [3.05, 3.63) is 16.5 Å². The summed E-state index contributed by atoms with van der Waals surface area (Å²) >= 11 is 1.20. The Kier molecular flexibility index (Phi) is 4.30. The van der Waals surface area contributed by atoms with E-state index in [4.69, 9.17) is 10.5 Å². The van der Waals surface area contributed by atoms with Gasteiger partial charge in [0.15, 0.2) is 0 Å². The number of nitrogen functional groups attached to an aromatic ring is 1. The Bertz CT molecular complexity index is 400. The molecule has 5 nitrogen and oxygen atoms in total.